The van der Waals surface area contributed by atoms with Crippen molar-refractivity contribution in [3.8, 4) is 11.5 Å². The molecule has 1 aromatic rings. The highest BCUT2D eigenvalue weighted by atomic mass is 16.5. The highest BCUT2D eigenvalue weighted by molar-refractivity contribution is 5.85. The van der Waals surface area contributed by atoms with Gasteiger partial charge in [-0.3, -0.25) is 4.79 Å². The van der Waals surface area contributed by atoms with E-state index in [0.29, 0.717) is 23.5 Å². The molecule has 1 amide bonds. The Balaban J connectivity index is 2.81. The molecule has 2 N–H and O–H groups in total. The van der Waals surface area contributed by atoms with Crippen LogP contribution < -0.4 is 14.8 Å². The van der Waals surface area contributed by atoms with E-state index in [0.717, 1.165) is 0 Å². The van der Waals surface area contributed by atoms with Gasteiger partial charge in [0, 0.05) is 5.56 Å². The van der Waals surface area contributed by atoms with Crippen LogP contribution in [0.3, 0.4) is 0 Å². The maximum atomic E-state index is 11.9. The van der Waals surface area contributed by atoms with E-state index in [4.69, 9.17) is 14.6 Å². The summed E-state index contributed by atoms with van der Waals surface area (Å²) in [6, 6.07) is 4.25. The van der Waals surface area contributed by atoms with Gasteiger partial charge in [-0.1, -0.05) is 6.92 Å². The van der Waals surface area contributed by atoms with Gasteiger partial charge in [-0.25, -0.2) is 4.79 Å². The van der Waals surface area contributed by atoms with Crippen LogP contribution in [0, 0.1) is 0 Å². The van der Waals surface area contributed by atoms with Crippen LogP contribution in [0.25, 0.3) is 0 Å². The lowest BCUT2D eigenvalue weighted by Gasteiger charge is -2.14. The Kier molecular flexibility index (Phi) is 5.83. The number of hydrogen-bond acceptors (Lipinski definition) is 4. The maximum absolute atomic E-state index is 11.9. The second-order valence-electron chi connectivity index (χ2n) is 4.22. The third-order valence-corrected chi connectivity index (χ3v) is 2.88. The highest BCUT2D eigenvalue weighted by Crippen LogP contribution is 2.24. The average molecular weight is 281 g/mol. The number of carbonyl (C=O) groups is 2. The first kappa shape index (κ1) is 15.8. The van der Waals surface area contributed by atoms with Crippen LogP contribution in [-0.2, 0) is 16.0 Å². The largest absolute Gasteiger partial charge is 0.497 e. The van der Waals surface area contributed by atoms with Crippen molar-refractivity contribution in [1.29, 1.82) is 0 Å². The van der Waals surface area contributed by atoms with Crippen LogP contribution in [0.5, 0.6) is 11.5 Å². The van der Waals surface area contributed by atoms with Crippen molar-refractivity contribution in [2.45, 2.75) is 25.8 Å². The number of hydrogen-bond donors (Lipinski definition) is 2. The van der Waals surface area contributed by atoms with E-state index in [1.807, 2.05) is 0 Å². The van der Waals surface area contributed by atoms with Crippen LogP contribution >= 0.6 is 0 Å². The van der Waals surface area contributed by atoms with Gasteiger partial charge >= 0.3 is 5.97 Å². The summed E-state index contributed by atoms with van der Waals surface area (Å²) >= 11 is 0. The van der Waals surface area contributed by atoms with Gasteiger partial charge in [0.05, 0.1) is 20.6 Å². The predicted molar refractivity (Wildman–Crippen MR) is 73.1 cm³/mol. The number of nitrogens with one attached hydrogen (secondary N) is 1. The fourth-order valence-electron chi connectivity index (χ4n) is 1.78. The van der Waals surface area contributed by atoms with Crippen LogP contribution in [0.2, 0.25) is 0 Å². The van der Waals surface area contributed by atoms with Gasteiger partial charge < -0.3 is 19.9 Å². The summed E-state index contributed by atoms with van der Waals surface area (Å²) in [7, 11) is 3.04. The Morgan fingerprint density at radius 3 is 2.50 bits per heavy atom. The number of carbonyl (C=O) groups excluding carboxylic acids is 1. The molecule has 0 saturated carbocycles. The summed E-state index contributed by atoms with van der Waals surface area (Å²) in [5.41, 5.74) is 0.643. The lowest BCUT2D eigenvalue weighted by Crippen LogP contribution is -2.41. The Morgan fingerprint density at radius 1 is 1.30 bits per heavy atom. The molecule has 0 aliphatic rings. The topological polar surface area (TPSA) is 84.9 Å². The Bertz CT molecular complexity index is 486. The smallest absolute Gasteiger partial charge is 0.326 e. The van der Waals surface area contributed by atoms with E-state index in [9.17, 15) is 9.59 Å². The van der Waals surface area contributed by atoms with Crippen LogP contribution in [-0.4, -0.2) is 37.2 Å². The van der Waals surface area contributed by atoms with E-state index in [1.165, 1.54) is 14.2 Å². The minimum absolute atomic E-state index is 0.0319. The number of aliphatic carboxylic acids is 1. The van der Waals surface area contributed by atoms with Crippen molar-refractivity contribution < 1.29 is 24.2 Å². The number of carboxylic acid groups (broad SMARTS) is 1. The summed E-state index contributed by atoms with van der Waals surface area (Å²) in [4.78, 5) is 22.8. The molecule has 1 unspecified atom stereocenters. The number of benzene rings is 1. The van der Waals surface area contributed by atoms with E-state index in [2.05, 4.69) is 5.32 Å². The summed E-state index contributed by atoms with van der Waals surface area (Å²) in [6.07, 6.45) is 0.362. The molecule has 0 heterocycles. The summed E-state index contributed by atoms with van der Waals surface area (Å²) < 4.78 is 10.3. The lowest BCUT2D eigenvalue weighted by molar-refractivity contribution is -0.141. The molecule has 1 atom stereocenters. The fourth-order valence-corrected chi connectivity index (χ4v) is 1.78. The normalized spacial score (nSPS) is 11.6. The van der Waals surface area contributed by atoms with Crippen molar-refractivity contribution in [1.82, 2.24) is 5.32 Å². The van der Waals surface area contributed by atoms with Gasteiger partial charge in [-0.15, -0.1) is 0 Å². The van der Waals surface area contributed by atoms with Gasteiger partial charge in [0.25, 0.3) is 0 Å². The van der Waals surface area contributed by atoms with E-state index in [-0.39, 0.29) is 12.3 Å². The lowest BCUT2D eigenvalue weighted by atomic mass is 10.1. The van der Waals surface area contributed by atoms with Gasteiger partial charge in [-0.05, 0) is 24.6 Å². The van der Waals surface area contributed by atoms with Gasteiger partial charge in [0.1, 0.15) is 17.5 Å². The quantitative estimate of drug-likeness (QED) is 0.785. The summed E-state index contributed by atoms with van der Waals surface area (Å²) in [5, 5.41) is 11.4. The zero-order valence-corrected chi connectivity index (χ0v) is 11.8. The van der Waals surface area contributed by atoms with E-state index in [1.54, 1.807) is 25.1 Å². The molecule has 0 radical (unpaired) electrons. The summed E-state index contributed by atoms with van der Waals surface area (Å²) in [5.74, 6) is -0.243. The first-order valence-corrected chi connectivity index (χ1v) is 6.24. The molecule has 6 nitrogen and oxygen atoms in total. The Hall–Kier alpha value is -2.24. The van der Waals surface area contributed by atoms with Crippen molar-refractivity contribution in [2.75, 3.05) is 14.2 Å². The van der Waals surface area contributed by atoms with Gasteiger partial charge in [0.2, 0.25) is 5.91 Å². The SMILES string of the molecule is CCC(NC(=O)Cc1cc(OC)ccc1OC)C(=O)O. The number of amides is 1. The summed E-state index contributed by atoms with van der Waals surface area (Å²) in [6.45, 7) is 1.70. The Labute approximate surface area is 117 Å². The molecule has 0 aliphatic carbocycles. The second-order valence-corrected chi connectivity index (χ2v) is 4.22. The molecule has 0 aromatic heterocycles. The second kappa shape index (κ2) is 7.37. The first-order valence-electron chi connectivity index (χ1n) is 6.24. The zero-order chi connectivity index (χ0) is 15.1. The monoisotopic (exact) mass is 281 g/mol. The van der Waals surface area contributed by atoms with Crippen LogP contribution in [0.4, 0.5) is 0 Å². The first-order chi connectivity index (χ1) is 9.51. The Morgan fingerprint density at radius 2 is 2.00 bits per heavy atom. The zero-order valence-electron chi connectivity index (χ0n) is 11.8. The molecule has 0 saturated heterocycles. The molecule has 1 aromatic carbocycles. The minimum Gasteiger partial charge on any atom is -0.497 e. The molecule has 1 rings (SSSR count). The van der Waals surface area contributed by atoms with Crippen LogP contribution in [0.1, 0.15) is 18.9 Å². The van der Waals surface area contributed by atoms with Crippen LogP contribution in [0.15, 0.2) is 18.2 Å². The van der Waals surface area contributed by atoms with Crippen molar-refractivity contribution >= 4 is 11.9 Å². The molecule has 0 aliphatic heterocycles. The van der Waals surface area contributed by atoms with E-state index < -0.39 is 12.0 Å². The number of carboxylic acids is 1. The molecule has 0 fully saturated rings. The number of rotatable bonds is 7. The number of ether oxygens (including phenoxy) is 2. The molecular formula is C14H19NO5. The van der Waals surface area contributed by atoms with E-state index >= 15 is 0 Å². The fraction of sp³-hybridized carbons (Fsp3) is 0.429. The predicted octanol–water partition coefficient (Wildman–Crippen LogP) is 1.23. The van der Waals surface area contributed by atoms with Crippen molar-refractivity contribution in [2.24, 2.45) is 0 Å². The molecular weight excluding hydrogens is 262 g/mol. The van der Waals surface area contributed by atoms with Crippen molar-refractivity contribution in [3.63, 3.8) is 0 Å². The molecule has 20 heavy (non-hydrogen) atoms. The molecule has 0 spiro atoms. The third-order valence-electron chi connectivity index (χ3n) is 2.88. The average Bonchev–Trinajstić information content (AvgIpc) is 2.44. The third kappa shape index (κ3) is 4.15. The number of methoxy groups -OCH3 is 2. The van der Waals surface area contributed by atoms with Gasteiger partial charge in [-0.2, -0.15) is 0 Å². The van der Waals surface area contributed by atoms with Crippen molar-refractivity contribution in [3.05, 3.63) is 23.8 Å². The standard InChI is InChI=1S/C14H19NO5/c1-4-11(14(17)18)15-13(16)8-9-7-10(19-2)5-6-12(9)20-3/h5-7,11H,4,8H2,1-3H3,(H,15,16)(H,17,18). The molecule has 110 valence electrons. The van der Waals surface area contributed by atoms with Gasteiger partial charge in [0.15, 0.2) is 0 Å². The highest BCUT2D eigenvalue weighted by Gasteiger charge is 2.18. The molecule has 6 heteroatoms. The minimum atomic E-state index is -1.04. The molecule has 0 bridgehead atoms. The maximum Gasteiger partial charge on any atom is 0.326 e.